The molecule has 2 N–H and O–H groups in total. The molecule has 0 amide bonds. The maximum Gasteiger partial charge on any atom is 0.232 e. The highest BCUT2D eigenvalue weighted by Gasteiger charge is 2.26. The Morgan fingerprint density at radius 1 is 1.47 bits per heavy atom. The summed E-state index contributed by atoms with van der Waals surface area (Å²) in [5.41, 5.74) is 6.32. The lowest BCUT2D eigenvalue weighted by atomic mass is 10.0. The lowest BCUT2D eigenvalue weighted by Gasteiger charge is -2.29. The summed E-state index contributed by atoms with van der Waals surface area (Å²) in [6, 6.07) is 4.08. The molecule has 1 aliphatic rings. The molecule has 2 rings (SSSR count). The van der Waals surface area contributed by atoms with Gasteiger partial charge in [0.2, 0.25) is 10.0 Å². The second kappa shape index (κ2) is 4.82. The number of ketones is 1. The summed E-state index contributed by atoms with van der Waals surface area (Å²) in [6.07, 6.45) is 1.13. The van der Waals surface area contributed by atoms with Gasteiger partial charge >= 0.3 is 0 Å². The van der Waals surface area contributed by atoms with Gasteiger partial charge < -0.3 is 10.5 Å². The minimum atomic E-state index is -3.39. The van der Waals surface area contributed by atoms with E-state index >= 15 is 0 Å². The molecule has 0 saturated heterocycles. The summed E-state index contributed by atoms with van der Waals surface area (Å²) >= 11 is 0. The fourth-order valence-corrected chi connectivity index (χ4v) is 2.86. The van der Waals surface area contributed by atoms with Gasteiger partial charge in [0.15, 0.2) is 5.78 Å². The SMILES string of the molecule is CC(N)C(=O)c1ccc2c(c1)N(S(C)(=O)=O)CCO2. The van der Waals surface area contributed by atoms with Crippen molar-refractivity contribution in [2.75, 3.05) is 23.7 Å². The number of carbonyl (C=O) groups is 1. The third kappa shape index (κ3) is 2.71. The Kier molecular flexibility index (Phi) is 3.51. The van der Waals surface area contributed by atoms with Crippen LogP contribution in [0.2, 0.25) is 0 Å². The van der Waals surface area contributed by atoms with Crippen molar-refractivity contribution >= 4 is 21.5 Å². The first-order valence-corrected chi connectivity index (χ1v) is 7.70. The van der Waals surface area contributed by atoms with Crippen LogP contribution in [0.25, 0.3) is 0 Å². The predicted octanol–water partition coefficient (Wildman–Crippen LogP) is 0.375. The van der Waals surface area contributed by atoms with E-state index in [1.54, 1.807) is 19.1 Å². The lowest BCUT2D eigenvalue weighted by Crippen LogP contribution is -2.37. The lowest BCUT2D eigenvalue weighted by molar-refractivity contribution is 0.0968. The minimum Gasteiger partial charge on any atom is -0.489 e. The van der Waals surface area contributed by atoms with E-state index in [1.807, 2.05) is 0 Å². The second-order valence-corrected chi connectivity index (χ2v) is 6.43. The number of sulfonamides is 1. The molecular weight excluding hydrogens is 268 g/mol. The highest BCUT2D eigenvalue weighted by Crippen LogP contribution is 2.34. The Hall–Kier alpha value is -1.60. The number of nitrogens with two attached hydrogens (primary N) is 1. The predicted molar refractivity (Wildman–Crippen MR) is 72.1 cm³/mol. The summed E-state index contributed by atoms with van der Waals surface area (Å²) in [6.45, 7) is 2.12. The Bertz CT molecular complexity index is 610. The average Bonchev–Trinajstić information content (AvgIpc) is 2.35. The van der Waals surface area contributed by atoms with Crippen molar-refractivity contribution in [1.82, 2.24) is 0 Å². The smallest absolute Gasteiger partial charge is 0.232 e. The normalized spacial score (nSPS) is 16.5. The Balaban J connectivity index is 2.50. The van der Waals surface area contributed by atoms with Gasteiger partial charge in [-0.05, 0) is 25.1 Å². The van der Waals surface area contributed by atoms with Crippen LogP contribution < -0.4 is 14.8 Å². The molecule has 0 bridgehead atoms. The molecule has 1 unspecified atom stereocenters. The fraction of sp³-hybridized carbons (Fsp3) is 0.417. The third-order valence-corrected chi connectivity index (χ3v) is 4.06. The summed E-state index contributed by atoms with van der Waals surface area (Å²) in [5, 5.41) is 0. The molecule has 6 nitrogen and oxygen atoms in total. The molecule has 1 aliphatic heterocycles. The summed E-state index contributed by atoms with van der Waals surface area (Å²) in [5.74, 6) is 0.222. The highest BCUT2D eigenvalue weighted by molar-refractivity contribution is 7.92. The van der Waals surface area contributed by atoms with E-state index in [-0.39, 0.29) is 12.3 Å². The van der Waals surface area contributed by atoms with Crippen LogP contribution in [-0.2, 0) is 10.0 Å². The Labute approximate surface area is 112 Å². The molecule has 0 radical (unpaired) electrons. The number of anilines is 1. The van der Waals surface area contributed by atoms with Crippen LogP contribution in [0.4, 0.5) is 5.69 Å². The van der Waals surface area contributed by atoms with E-state index in [9.17, 15) is 13.2 Å². The van der Waals surface area contributed by atoms with E-state index in [4.69, 9.17) is 10.5 Å². The van der Waals surface area contributed by atoms with Crippen molar-refractivity contribution < 1.29 is 17.9 Å². The van der Waals surface area contributed by atoms with E-state index in [1.165, 1.54) is 10.4 Å². The first-order valence-electron chi connectivity index (χ1n) is 5.85. The minimum absolute atomic E-state index is 0.234. The number of Topliss-reactive ketones (excluding diaryl/α,β-unsaturated/α-hetero) is 1. The molecule has 0 aliphatic carbocycles. The Morgan fingerprint density at radius 2 is 2.16 bits per heavy atom. The maximum absolute atomic E-state index is 11.9. The number of nitrogens with zero attached hydrogens (tertiary/aromatic N) is 1. The average molecular weight is 284 g/mol. The number of rotatable bonds is 3. The van der Waals surface area contributed by atoms with Crippen molar-refractivity contribution in [3.05, 3.63) is 23.8 Å². The van der Waals surface area contributed by atoms with Gasteiger partial charge in [-0.25, -0.2) is 8.42 Å². The zero-order valence-corrected chi connectivity index (χ0v) is 11.6. The van der Waals surface area contributed by atoms with Crippen molar-refractivity contribution in [2.45, 2.75) is 13.0 Å². The second-order valence-electron chi connectivity index (χ2n) is 4.52. The summed E-state index contributed by atoms with van der Waals surface area (Å²) in [7, 11) is -3.39. The number of hydrogen-bond donors (Lipinski definition) is 1. The number of benzene rings is 1. The monoisotopic (exact) mass is 284 g/mol. The molecule has 0 spiro atoms. The van der Waals surface area contributed by atoms with Gasteiger partial charge in [0.05, 0.1) is 24.5 Å². The van der Waals surface area contributed by atoms with Crippen molar-refractivity contribution in [2.24, 2.45) is 5.73 Å². The molecule has 19 heavy (non-hydrogen) atoms. The quantitative estimate of drug-likeness (QED) is 0.810. The maximum atomic E-state index is 11.9. The van der Waals surface area contributed by atoms with Crippen molar-refractivity contribution in [1.29, 1.82) is 0 Å². The van der Waals surface area contributed by atoms with Gasteiger partial charge in [-0.3, -0.25) is 9.10 Å². The van der Waals surface area contributed by atoms with E-state index in [0.717, 1.165) is 6.26 Å². The number of hydrogen-bond acceptors (Lipinski definition) is 5. The van der Waals surface area contributed by atoms with Gasteiger partial charge in [0, 0.05) is 5.56 Å². The fourth-order valence-electron chi connectivity index (χ4n) is 1.95. The molecule has 1 aromatic carbocycles. The molecule has 0 fully saturated rings. The van der Waals surface area contributed by atoms with E-state index in [0.29, 0.717) is 23.6 Å². The van der Waals surface area contributed by atoms with Crippen molar-refractivity contribution in [3.8, 4) is 5.75 Å². The van der Waals surface area contributed by atoms with Crippen LogP contribution >= 0.6 is 0 Å². The van der Waals surface area contributed by atoms with Crippen LogP contribution in [0.3, 0.4) is 0 Å². The zero-order chi connectivity index (χ0) is 14.2. The molecular formula is C12H16N2O4S. The van der Waals surface area contributed by atoms with Gasteiger partial charge in [-0.15, -0.1) is 0 Å². The highest BCUT2D eigenvalue weighted by atomic mass is 32.2. The molecule has 0 saturated carbocycles. The molecule has 1 atom stereocenters. The van der Waals surface area contributed by atoms with Crippen LogP contribution in [-0.4, -0.2) is 39.7 Å². The Morgan fingerprint density at radius 3 is 2.74 bits per heavy atom. The molecule has 1 heterocycles. The zero-order valence-electron chi connectivity index (χ0n) is 10.8. The van der Waals surface area contributed by atoms with Crippen molar-refractivity contribution in [3.63, 3.8) is 0 Å². The molecule has 104 valence electrons. The van der Waals surface area contributed by atoms with Gasteiger partial charge in [-0.1, -0.05) is 0 Å². The van der Waals surface area contributed by atoms with Crippen LogP contribution in [0.15, 0.2) is 18.2 Å². The molecule has 7 heteroatoms. The molecule has 0 aromatic heterocycles. The first-order chi connectivity index (χ1) is 8.80. The number of ether oxygens (including phenoxy) is 1. The largest absolute Gasteiger partial charge is 0.489 e. The van der Waals surface area contributed by atoms with Gasteiger partial charge in [-0.2, -0.15) is 0 Å². The van der Waals surface area contributed by atoms with Crippen LogP contribution in [0.5, 0.6) is 5.75 Å². The van der Waals surface area contributed by atoms with E-state index in [2.05, 4.69) is 0 Å². The van der Waals surface area contributed by atoms with Gasteiger partial charge in [0.1, 0.15) is 12.4 Å². The molecule has 1 aromatic rings. The topological polar surface area (TPSA) is 89.7 Å². The first kappa shape index (κ1) is 13.8. The van der Waals surface area contributed by atoms with Crippen LogP contribution in [0, 0.1) is 0 Å². The summed E-state index contributed by atoms with van der Waals surface area (Å²) < 4.78 is 30.1. The summed E-state index contributed by atoms with van der Waals surface area (Å²) in [4.78, 5) is 11.9. The number of carbonyl (C=O) groups excluding carboxylic acids is 1. The standard InChI is InChI=1S/C12H16N2O4S/c1-8(13)12(15)9-3-4-11-10(7-9)14(5-6-18-11)19(2,16)17/h3-4,7-8H,5-6,13H2,1-2H3. The third-order valence-electron chi connectivity index (χ3n) is 2.88. The van der Waals surface area contributed by atoms with E-state index < -0.39 is 16.1 Å². The van der Waals surface area contributed by atoms with Gasteiger partial charge in [0.25, 0.3) is 0 Å². The van der Waals surface area contributed by atoms with Crippen LogP contribution in [0.1, 0.15) is 17.3 Å². The number of fused-ring (bicyclic) bond motifs is 1.